The van der Waals surface area contributed by atoms with Gasteiger partial charge in [-0.1, -0.05) is 18.9 Å². The summed E-state index contributed by atoms with van der Waals surface area (Å²) < 4.78 is 2.30. The van der Waals surface area contributed by atoms with Crippen molar-refractivity contribution in [2.75, 3.05) is 0 Å². The molecule has 22 heavy (non-hydrogen) atoms. The molecule has 0 unspecified atom stereocenters. The summed E-state index contributed by atoms with van der Waals surface area (Å²) in [6, 6.07) is 12.4. The molecule has 0 amide bonds. The summed E-state index contributed by atoms with van der Waals surface area (Å²) >= 11 is 0. The second-order valence-electron chi connectivity index (χ2n) is 5.99. The van der Waals surface area contributed by atoms with Crippen molar-refractivity contribution >= 4 is 10.9 Å². The highest BCUT2D eigenvalue weighted by Crippen LogP contribution is 2.32. The summed E-state index contributed by atoms with van der Waals surface area (Å²) in [7, 11) is 0. The fourth-order valence-corrected chi connectivity index (χ4v) is 3.50. The third-order valence-corrected chi connectivity index (χ3v) is 4.66. The molecule has 1 fully saturated rings. The molecule has 0 N–H and O–H groups in total. The fourth-order valence-electron chi connectivity index (χ4n) is 3.50. The van der Waals surface area contributed by atoms with E-state index in [1.54, 1.807) is 18.5 Å². The van der Waals surface area contributed by atoms with Gasteiger partial charge < -0.3 is 4.57 Å². The Bertz CT molecular complexity index is 861. The molecule has 0 spiro atoms. The van der Waals surface area contributed by atoms with Crippen LogP contribution in [0.5, 0.6) is 0 Å². The van der Waals surface area contributed by atoms with Gasteiger partial charge in [-0.25, -0.2) is 0 Å². The number of benzene rings is 1. The standard InChI is InChI=1S/C19H18N2O/c22-19-9-12-21(16-3-1-2-4-16)18-13-15(5-6-17(18)19)14-7-10-20-11-8-14/h5-13,16H,1-4H2. The zero-order valence-corrected chi connectivity index (χ0v) is 12.4. The van der Waals surface area contributed by atoms with Gasteiger partial charge in [0.15, 0.2) is 5.43 Å². The minimum atomic E-state index is 0.102. The molecule has 2 aromatic heterocycles. The van der Waals surface area contributed by atoms with Crippen LogP contribution in [0.2, 0.25) is 0 Å². The lowest BCUT2D eigenvalue weighted by Gasteiger charge is -2.18. The zero-order valence-electron chi connectivity index (χ0n) is 12.4. The van der Waals surface area contributed by atoms with Crippen LogP contribution in [0.3, 0.4) is 0 Å². The molecule has 3 aromatic rings. The Kier molecular flexibility index (Phi) is 3.26. The predicted octanol–water partition coefficient (Wildman–Crippen LogP) is 4.18. The average Bonchev–Trinajstić information content (AvgIpc) is 3.10. The lowest BCUT2D eigenvalue weighted by molar-refractivity contribution is 0.532. The zero-order chi connectivity index (χ0) is 14.9. The van der Waals surface area contributed by atoms with E-state index in [0.717, 1.165) is 22.0 Å². The first kappa shape index (κ1) is 13.3. The molecule has 4 rings (SSSR count). The fraction of sp³-hybridized carbons (Fsp3) is 0.263. The second-order valence-corrected chi connectivity index (χ2v) is 5.99. The summed E-state index contributed by atoms with van der Waals surface area (Å²) in [4.78, 5) is 16.2. The van der Waals surface area contributed by atoms with E-state index in [1.165, 1.54) is 25.7 Å². The predicted molar refractivity (Wildman–Crippen MR) is 88.9 cm³/mol. The lowest BCUT2D eigenvalue weighted by atomic mass is 10.0. The summed E-state index contributed by atoms with van der Waals surface area (Å²) in [6.45, 7) is 0. The maximum Gasteiger partial charge on any atom is 0.189 e. The van der Waals surface area contributed by atoms with Crippen LogP contribution in [0, 0.1) is 0 Å². The Morgan fingerprint density at radius 2 is 1.73 bits per heavy atom. The molecule has 110 valence electrons. The summed E-state index contributed by atoms with van der Waals surface area (Å²) in [5.41, 5.74) is 3.41. The maximum absolute atomic E-state index is 12.2. The van der Waals surface area contributed by atoms with Crippen molar-refractivity contribution in [2.24, 2.45) is 0 Å². The van der Waals surface area contributed by atoms with E-state index in [9.17, 15) is 4.79 Å². The molecular formula is C19H18N2O. The quantitative estimate of drug-likeness (QED) is 0.709. The van der Waals surface area contributed by atoms with Crippen molar-refractivity contribution in [1.82, 2.24) is 9.55 Å². The number of rotatable bonds is 2. The van der Waals surface area contributed by atoms with Gasteiger partial charge in [0.05, 0.1) is 5.52 Å². The highest BCUT2D eigenvalue weighted by Gasteiger charge is 2.18. The first-order chi connectivity index (χ1) is 10.8. The molecule has 0 bridgehead atoms. The summed E-state index contributed by atoms with van der Waals surface area (Å²) in [6.07, 6.45) is 10.5. The molecular weight excluding hydrogens is 272 g/mol. The van der Waals surface area contributed by atoms with Crippen LogP contribution < -0.4 is 5.43 Å². The molecule has 3 heteroatoms. The molecule has 0 radical (unpaired) electrons. The van der Waals surface area contributed by atoms with Gasteiger partial charge in [-0.3, -0.25) is 9.78 Å². The number of fused-ring (bicyclic) bond motifs is 1. The normalized spacial score (nSPS) is 15.5. The molecule has 0 aliphatic heterocycles. The monoisotopic (exact) mass is 290 g/mol. The summed E-state index contributed by atoms with van der Waals surface area (Å²) in [5.74, 6) is 0. The number of hydrogen-bond acceptors (Lipinski definition) is 2. The maximum atomic E-state index is 12.2. The van der Waals surface area contributed by atoms with Gasteiger partial charge >= 0.3 is 0 Å². The van der Waals surface area contributed by atoms with E-state index in [4.69, 9.17) is 0 Å². The SMILES string of the molecule is O=c1ccn(C2CCCC2)c2cc(-c3ccncc3)ccc12. The summed E-state index contributed by atoms with van der Waals surface area (Å²) in [5, 5.41) is 0.812. The Balaban J connectivity index is 1.93. The van der Waals surface area contributed by atoms with Gasteiger partial charge in [0.25, 0.3) is 0 Å². The number of nitrogens with zero attached hydrogens (tertiary/aromatic N) is 2. The Morgan fingerprint density at radius 1 is 0.955 bits per heavy atom. The first-order valence-electron chi connectivity index (χ1n) is 7.88. The number of aromatic nitrogens is 2. The Hall–Kier alpha value is -2.42. The Morgan fingerprint density at radius 3 is 2.50 bits per heavy atom. The van der Waals surface area contributed by atoms with Gasteiger partial charge in [-0.05, 0) is 48.2 Å². The van der Waals surface area contributed by atoms with Crippen molar-refractivity contribution in [3.63, 3.8) is 0 Å². The third kappa shape index (κ3) is 2.23. The topological polar surface area (TPSA) is 34.9 Å². The van der Waals surface area contributed by atoms with Crippen molar-refractivity contribution < 1.29 is 0 Å². The van der Waals surface area contributed by atoms with E-state index in [1.807, 2.05) is 30.5 Å². The van der Waals surface area contributed by atoms with Crippen molar-refractivity contribution in [3.05, 3.63) is 65.2 Å². The van der Waals surface area contributed by atoms with E-state index in [0.29, 0.717) is 6.04 Å². The van der Waals surface area contributed by atoms with Gasteiger partial charge in [-0.15, -0.1) is 0 Å². The van der Waals surface area contributed by atoms with Gasteiger partial charge in [0, 0.05) is 36.1 Å². The van der Waals surface area contributed by atoms with Crippen LogP contribution in [0.25, 0.3) is 22.0 Å². The van der Waals surface area contributed by atoms with E-state index in [-0.39, 0.29) is 5.43 Å². The molecule has 0 saturated heterocycles. The number of hydrogen-bond donors (Lipinski definition) is 0. The molecule has 1 aliphatic carbocycles. The molecule has 2 heterocycles. The van der Waals surface area contributed by atoms with Crippen LogP contribution in [-0.4, -0.2) is 9.55 Å². The van der Waals surface area contributed by atoms with Crippen LogP contribution in [-0.2, 0) is 0 Å². The third-order valence-electron chi connectivity index (χ3n) is 4.66. The smallest absolute Gasteiger partial charge is 0.189 e. The van der Waals surface area contributed by atoms with Crippen LogP contribution in [0.15, 0.2) is 59.8 Å². The van der Waals surface area contributed by atoms with E-state index in [2.05, 4.69) is 15.6 Å². The van der Waals surface area contributed by atoms with Crippen molar-refractivity contribution in [3.8, 4) is 11.1 Å². The van der Waals surface area contributed by atoms with Crippen molar-refractivity contribution in [1.29, 1.82) is 0 Å². The minimum absolute atomic E-state index is 0.102. The molecule has 3 nitrogen and oxygen atoms in total. The van der Waals surface area contributed by atoms with Crippen LogP contribution >= 0.6 is 0 Å². The molecule has 1 saturated carbocycles. The molecule has 1 aromatic carbocycles. The average molecular weight is 290 g/mol. The van der Waals surface area contributed by atoms with Gasteiger partial charge in [0.2, 0.25) is 0 Å². The lowest BCUT2D eigenvalue weighted by Crippen LogP contribution is -2.11. The highest BCUT2D eigenvalue weighted by atomic mass is 16.1. The largest absolute Gasteiger partial charge is 0.344 e. The van der Waals surface area contributed by atoms with Crippen molar-refractivity contribution in [2.45, 2.75) is 31.7 Å². The van der Waals surface area contributed by atoms with Gasteiger partial charge in [0.1, 0.15) is 0 Å². The Labute approximate surface area is 129 Å². The second kappa shape index (κ2) is 5.41. The van der Waals surface area contributed by atoms with Crippen LogP contribution in [0.4, 0.5) is 0 Å². The molecule has 0 atom stereocenters. The van der Waals surface area contributed by atoms with E-state index < -0.39 is 0 Å². The first-order valence-corrected chi connectivity index (χ1v) is 7.88. The molecule has 1 aliphatic rings. The number of pyridine rings is 2. The minimum Gasteiger partial charge on any atom is -0.344 e. The van der Waals surface area contributed by atoms with Crippen LogP contribution in [0.1, 0.15) is 31.7 Å². The highest BCUT2D eigenvalue weighted by molar-refractivity contribution is 5.84. The van der Waals surface area contributed by atoms with Gasteiger partial charge in [-0.2, -0.15) is 0 Å². The van der Waals surface area contributed by atoms with E-state index >= 15 is 0 Å².